The molecule has 1 fully saturated rings. The maximum Gasteiger partial charge on any atom is 0.125 e. The maximum absolute atomic E-state index is 13.1. The van der Waals surface area contributed by atoms with E-state index in [4.69, 9.17) is 11.6 Å². The van der Waals surface area contributed by atoms with Crippen LogP contribution in [0, 0.1) is 11.7 Å². The van der Waals surface area contributed by atoms with Crippen molar-refractivity contribution in [1.29, 1.82) is 0 Å². The van der Waals surface area contributed by atoms with Gasteiger partial charge in [-0.1, -0.05) is 11.6 Å². The molecular formula is C12H13ClFN. The van der Waals surface area contributed by atoms with E-state index >= 15 is 0 Å². The van der Waals surface area contributed by atoms with Gasteiger partial charge in [-0.15, -0.1) is 0 Å². The molecule has 0 atom stereocenters. The molecule has 3 heteroatoms. The van der Waals surface area contributed by atoms with Crippen LogP contribution in [0.4, 0.5) is 4.39 Å². The van der Waals surface area contributed by atoms with Gasteiger partial charge in [-0.25, -0.2) is 4.39 Å². The number of fused-ring (bicyclic) bond motifs is 1. The van der Waals surface area contributed by atoms with Crippen molar-refractivity contribution in [2.45, 2.75) is 25.9 Å². The largest absolute Gasteiger partial charge is 0.294 e. The lowest BCUT2D eigenvalue weighted by atomic mass is 10.1. The number of hydrogen-bond donors (Lipinski definition) is 0. The summed E-state index contributed by atoms with van der Waals surface area (Å²) in [5, 5.41) is 0.586. The quantitative estimate of drug-likeness (QED) is 0.747. The smallest absolute Gasteiger partial charge is 0.125 e. The second-order valence-electron chi connectivity index (χ2n) is 4.64. The zero-order valence-electron chi connectivity index (χ0n) is 8.47. The molecule has 0 aromatic heterocycles. The van der Waals surface area contributed by atoms with Crippen molar-refractivity contribution in [2.75, 3.05) is 6.54 Å². The highest BCUT2D eigenvalue weighted by molar-refractivity contribution is 6.31. The van der Waals surface area contributed by atoms with Crippen molar-refractivity contribution in [2.24, 2.45) is 5.92 Å². The number of nitrogens with zero attached hydrogens (tertiary/aromatic N) is 1. The molecule has 15 heavy (non-hydrogen) atoms. The van der Waals surface area contributed by atoms with Crippen LogP contribution in [0.5, 0.6) is 0 Å². The summed E-state index contributed by atoms with van der Waals surface area (Å²) in [7, 11) is 0. The lowest BCUT2D eigenvalue weighted by Gasteiger charge is -2.13. The minimum absolute atomic E-state index is 0.216. The third-order valence-electron chi connectivity index (χ3n) is 3.24. The van der Waals surface area contributed by atoms with E-state index in [0.717, 1.165) is 36.7 Å². The Bertz CT molecular complexity index is 401. The molecule has 1 aromatic carbocycles. The fourth-order valence-corrected chi connectivity index (χ4v) is 2.58. The highest BCUT2D eigenvalue weighted by Gasteiger charge is 2.28. The standard InChI is InChI=1S/C12H13ClFN/c13-12-4-10(14)3-9-6-15(7-11(9)12)5-8-1-2-8/h3-4,8H,1-2,5-7H2. The second-order valence-corrected chi connectivity index (χ2v) is 5.05. The minimum Gasteiger partial charge on any atom is -0.294 e. The molecule has 1 nitrogen and oxygen atoms in total. The van der Waals surface area contributed by atoms with Crippen LogP contribution in [-0.4, -0.2) is 11.4 Å². The van der Waals surface area contributed by atoms with Gasteiger partial charge in [-0.2, -0.15) is 0 Å². The Morgan fingerprint density at radius 3 is 2.87 bits per heavy atom. The summed E-state index contributed by atoms with van der Waals surface area (Å²) in [4.78, 5) is 2.37. The lowest BCUT2D eigenvalue weighted by molar-refractivity contribution is 0.272. The summed E-state index contributed by atoms with van der Waals surface area (Å²) in [6.07, 6.45) is 2.71. The third kappa shape index (κ3) is 1.88. The molecule has 3 rings (SSSR count). The molecule has 80 valence electrons. The van der Waals surface area contributed by atoms with E-state index in [1.165, 1.54) is 18.9 Å². The van der Waals surface area contributed by atoms with Crippen molar-refractivity contribution in [3.8, 4) is 0 Å². The molecule has 1 saturated carbocycles. The van der Waals surface area contributed by atoms with Crippen LogP contribution >= 0.6 is 11.6 Å². The number of benzene rings is 1. The molecule has 0 bridgehead atoms. The first-order valence-electron chi connectivity index (χ1n) is 5.41. The Hall–Kier alpha value is -0.600. The number of halogens is 2. The molecule has 0 unspecified atom stereocenters. The first kappa shape index (κ1) is 9.61. The number of hydrogen-bond acceptors (Lipinski definition) is 1. The summed E-state index contributed by atoms with van der Waals surface area (Å²) in [5.41, 5.74) is 2.19. The monoisotopic (exact) mass is 225 g/mol. The van der Waals surface area contributed by atoms with Gasteiger partial charge in [0.15, 0.2) is 0 Å². The van der Waals surface area contributed by atoms with Gasteiger partial charge >= 0.3 is 0 Å². The van der Waals surface area contributed by atoms with Crippen molar-refractivity contribution in [3.63, 3.8) is 0 Å². The van der Waals surface area contributed by atoms with Crippen molar-refractivity contribution >= 4 is 11.6 Å². The average molecular weight is 226 g/mol. The topological polar surface area (TPSA) is 3.24 Å². The van der Waals surface area contributed by atoms with E-state index in [9.17, 15) is 4.39 Å². The second kappa shape index (κ2) is 3.46. The van der Waals surface area contributed by atoms with Gasteiger partial charge in [0.05, 0.1) is 0 Å². The van der Waals surface area contributed by atoms with Crippen LogP contribution in [0.1, 0.15) is 24.0 Å². The van der Waals surface area contributed by atoms with Crippen LogP contribution in [0.3, 0.4) is 0 Å². The molecule has 1 aliphatic carbocycles. The molecule has 0 saturated heterocycles. The van der Waals surface area contributed by atoms with Gasteiger partial charge in [0.2, 0.25) is 0 Å². The third-order valence-corrected chi connectivity index (χ3v) is 3.58. The Labute approximate surface area is 93.8 Å². The van der Waals surface area contributed by atoms with Gasteiger partial charge in [-0.3, -0.25) is 4.90 Å². The first-order valence-corrected chi connectivity index (χ1v) is 5.79. The SMILES string of the molecule is Fc1cc(Cl)c2c(c1)CN(CC1CC1)C2. The fourth-order valence-electron chi connectivity index (χ4n) is 2.29. The molecule has 0 radical (unpaired) electrons. The Balaban J connectivity index is 1.82. The Morgan fingerprint density at radius 1 is 1.33 bits per heavy atom. The normalized spacial score (nSPS) is 20.7. The molecule has 0 spiro atoms. The van der Waals surface area contributed by atoms with Crippen LogP contribution in [-0.2, 0) is 13.1 Å². The highest BCUT2D eigenvalue weighted by Crippen LogP contribution is 2.35. The van der Waals surface area contributed by atoms with Crippen LogP contribution in [0.25, 0.3) is 0 Å². The summed E-state index contributed by atoms with van der Waals surface area (Å²) in [6, 6.07) is 3.04. The predicted molar refractivity (Wildman–Crippen MR) is 58.2 cm³/mol. The highest BCUT2D eigenvalue weighted by atomic mass is 35.5. The molecular weight excluding hydrogens is 213 g/mol. The van der Waals surface area contributed by atoms with Crippen molar-refractivity contribution in [3.05, 3.63) is 34.1 Å². The fraction of sp³-hybridized carbons (Fsp3) is 0.500. The van der Waals surface area contributed by atoms with E-state index in [1.54, 1.807) is 6.07 Å². The van der Waals surface area contributed by atoms with E-state index in [1.807, 2.05) is 0 Å². The van der Waals surface area contributed by atoms with Gasteiger partial charge in [0.25, 0.3) is 0 Å². The summed E-state index contributed by atoms with van der Waals surface area (Å²) in [5.74, 6) is 0.662. The lowest BCUT2D eigenvalue weighted by Crippen LogP contribution is -2.18. The molecule has 2 aliphatic rings. The minimum atomic E-state index is -0.216. The first-order chi connectivity index (χ1) is 7.22. The molecule has 1 aromatic rings. The van der Waals surface area contributed by atoms with Crippen LogP contribution in [0.2, 0.25) is 5.02 Å². The summed E-state index contributed by atoms with van der Waals surface area (Å²) >= 11 is 6.03. The predicted octanol–water partition coefficient (Wildman–Crippen LogP) is 3.20. The van der Waals surface area contributed by atoms with Crippen LogP contribution < -0.4 is 0 Å². The van der Waals surface area contributed by atoms with E-state index in [0.29, 0.717) is 5.02 Å². The number of rotatable bonds is 2. The molecule has 1 heterocycles. The maximum atomic E-state index is 13.1. The molecule has 0 N–H and O–H groups in total. The average Bonchev–Trinajstić information content (AvgIpc) is 2.85. The molecule has 1 aliphatic heterocycles. The van der Waals surface area contributed by atoms with E-state index in [-0.39, 0.29) is 5.82 Å². The molecule has 0 amide bonds. The van der Waals surface area contributed by atoms with E-state index in [2.05, 4.69) is 4.90 Å². The summed E-state index contributed by atoms with van der Waals surface area (Å²) < 4.78 is 13.1. The summed E-state index contributed by atoms with van der Waals surface area (Å²) in [6.45, 7) is 2.90. The van der Waals surface area contributed by atoms with Gasteiger partial charge in [0, 0.05) is 24.7 Å². The Kier molecular flexibility index (Phi) is 2.22. The Morgan fingerprint density at radius 2 is 2.13 bits per heavy atom. The van der Waals surface area contributed by atoms with Gasteiger partial charge < -0.3 is 0 Å². The van der Waals surface area contributed by atoms with Crippen molar-refractivity contribution in [1.82, 2.24) is 4.90 Å². The zero-order valence-corrected chi connectivity index (χ0v) is 9.23. The van der Waals surface area contributed by atoms with Gasteiger partial charge in [-0.05, 0) is 42.0 Å². The van der Waals surface area contributed by atoms with E-state index < -0.39 is 0 Å². The van der Waals surface area contributed by atoms with Crippen LogP contribution in [0.15, 0.2) is 12.1 Å². The van der Waals surface area contributed by atoms with Crippen molar-refractivity contribution < 1.29 is 4.39 Å². The zero-order chi connectivity index (χ0) is 10.4. The van der Waals surface area contributed by atoms with Gasteiger partial charge in [0.1, 0.15) is 5.82 Å².